The predicted molar refractivity (Wildman–Crippen MR) is 82.1 cm³/mol. The van der Waals surface area contributed by atoms with E-state index in [0.717, 1.165) is 12.1 Å². The van der Waals surface area contributed by atoms with Crippen molar-refractivity contribution in [1.29, 1.82) is 0 Å². The van der Waals surface area contributed by atoms with E-state index < -0.39 is 17.8 Å². The Balaban J connectivity index is 2.63. The molecule has 4 nitrogen and oxygen atoms in total. The number of amides is 1. The molecule has 1 aromatic heterocycles. The minimum Gasteiger partial charge on any atom is -0.465 e. The third-order valence-electron chi connectivity index (χ3n) is 3.19. The number of alkyl halides is 3. The van der Waals surface area contributed by atoms with Crippen LogP contribution in [0.5, 0.6) is 0 Å². The van der Waals surface area contributed by atoms with Crippen molar-refractivity contribution in [3.8, 4) is 23.1 Å². The SMILES string of the molecule is CC#Cc1cccnc1-c1cc(C(F)(F)F)ccc1CNC(=O)O. The number of nitrogens with one attached hydrogen (secondary N) is 1. The quantitative estimate of drug-likeness (QED) is 0.837. The molecule has 0 fully saturated rings. The summed E-state index contributed by atoms with van der Waals surface area (Å²) in [6, 6.07) is 6.39. The molecule has 2 aromatic rings. The second-order valence-corrected chi connectivity index (χ2v) is 4.80. The van der Waals surface area contributed by atoms with Crippen LogP contribution in [0.4, 0.5) is 18.0 Å². The molecule has 1 amide bonds. The molecule has 1 aromatic carbocycles. The fourth-order valence-electron chi connectivity index (χ4n) is 2.15. The van der Waals surface area contributed by atoms with E-state index in [-0.39, 0.29) is 17.8 Å². The van der Waals surface area contributed by atoms with Gasteiger partial charge in [-0.1, -0.05) is 12.0 Å². The van der Waals surface area contributed by atoms with Crippen molar-refractivity contribution in [2.45, 2.75) is 19.6 Å². The molecule has 0 aliphatic rings. The third kappa shape index (κ3) is 4.04. The minimum atomic E-state index is -4.51. The zero-order chi connectivity index (χ0) is 17.7. The summed E-state index contributed by atoms with van der Waals surface area (Å²) in [5.74, 6) is 5.48. The number of benzene rings is 1. The van der Waals surface area contributed by atoms with E-state index >= 15 is 0 Å². The molecule has 0 saturated carbocycles. The highest BCUT2D eigenvalue weighted by atomic mass is 19.4. The maximum Gasteiger partial charge on any atom is 0.416 e. The summed E-state index contributed by atoms with van der Waals surface area (Å²) >= 11 is 0. The summed E-state index contributed by atoms with van der Waals surface area (Å²) in [6.07, 6.45) is -4.33. The van der Waals surface area contributed by atoms with Gasteiger partial charge in [0.1, 0.15) is 0 Å². The fraction of sp³-hybridized carbons (Fsp3) is 0.176. The molecule has 7 heteroatoms. The molecule has 0 aliphatic heterocycles. The van der Waals surface area contributed by atoms with Crippen LogP contribution in [0.25, 0.3) is 11.3 Å². The average Bonchev–Trinajstić information content (AvgIpc) is 2.53. The summed E-state index contributed by atoms with van der Waals surface area (Å²) in [4.78, 5) is 14.8. The van der Waals surface area contributed by atoms with E-state index in [1.54, 1.807) is 19.1 Å². The molecule has 0 spiro atoms. The van der Waals surface area contributed by atoms with Crippen LogP contribution in [0.3, 0.4) is 0 Å². The van der Waals surface area contributed by atoms with Gasteiger partial charge >= 0.3 is 12.3 Å². The molecule has 24 heavy (non-hydrogen) atoms. The molecule has 0 unspecified atom stereocenters. The molecule has 0 saturated heterocycles. The van der Waals surface area contributed by atoms with Gasteiger partial charge in [0.2, 0.25) is 0 Å². The first-order chi connectivity index (χ1) is 11.3. The molecular weight excluding hydrogens is 321 g/mol. The number of halogens is 3. The van der Waals surface area contributed by atoms with Gasteiger partial charge in [-0.3, -0.25) is 4.98 Å². The van der Waals surface area contributed by atoms with E-state index in [1.807, 2.05) is 0 Å². The van der Waals surface area contributed by atoms with E-state index in [4.69, 9.17) is 5.11 Å². The Morgan fingerprint density at radius 3 is 2.71 bits per heavy atom. The van der Waals surface area contributed by atoms with Crippen LogP contribution in [0.15, 0.2) is 36.5 Å². The highest BCUT2D eigenvalue weighted by molar-refractivity contribution is 5.72. The number of nitrogens with zero attached hydrogens (tertiary/aromatic N) is 1. The van der Waals surface area contributed by atoms with Crippen LogP contribution in [0.2, 0.25) is 0 Å². The van der Waals surface area contributed by atoms with Crippen molar-refractivity contribution in [1.82, 2.24) is 10.3 Å². The predicted octanol–water partition coefficient (Wildman–Crippen LogP) is 3.91. The average molecular weight is 334 g/mol. The monoisotopic (exact) mass is 334 g/mol. The number of hydrogen-bond acceptors (Lipinski definition) is 2. The molecule has 0 atom stereocenters. The highest BCUT2D eigenvalue weighted by Crippen LogP contribution is 2.34. The lowest BCUT2D eigenvalue weighted by Crippen LogP contribution is -2.20. The standard InChI is InChI=1S/C17H13F3N2O2/c1-2-4-11-5-3-8-21-15(11)14-9-13(17(18,19)20)7-6-12(14)10-22-16(23)24/h3,5-9,22H,10H2,1H3,(H,23,24). The van der Waals surface area contributed by atoms with Crippen LogP contribution in [0, 0.1) is 11.8 Å². The fourth-order valence-corrected chi connectivity index (χ4v) is 2.15. The van der Waals surface area contributed by atoms with Crippen molar-refractivity contribution < 1.29 is 23.1 Å². The number of carboxylic acid groups (broad SMARTS) is 1. The number of hydrogen-bond donors (Lipinski definition) is 2. The maximum atomic E-state index is 13.0. The van der Waals surface area contributed by atoms with Crippen LogP contribution >= 0.6 is 0 Å². The first-order valence-corrected chi connectivity index (χ1v) is 6.88. The molecule has 2 rings (SSSR count). The lowest BCUT2D eigenvalue weighted by atomic mass is 9.97. The number of pyridine rings is 1. The number of aromatic nitrogens is 1. The Morgan fingerprint density at radius 2 is 2.08 bits per heavy atom. The van der Waals surface area contributed by atoms with Gasteiger partial charge in [-0.05, 0) is 36.8 Å². The molecule has 0 bridgehead atoms. The Bertz CT molecular complexity index is 821. The first kappa shape index (κ1) is 17.3. The molecule has 0 radical (unpaired) electrons. The zero-order valence-corrected chi connectivity index (χ0v) is 12.6. The van der Waals surface area contributed by atoms with Crippen molar-refractivity contribution in [2.75, 3.05) is 0 Å². The maximum absolute atomic E-state index is 13.0. The number of rotatable bonds is 3. The Morgan fingerprint density at radius 1 is 1.33 bits per heavy atom. The van der Waals surface area contributed by atoms with E-state index in [2.05, 4.69) is 22.1 Å². The summed E-state index contributed by atoms with van der Waals surface area (Å²) in [7, 11) is 0. The van der Waals surface area contributed by atoms with Gasteiger partial charge in [-0.15, -0.1) is 5.92 Å². The van der Waals surface area contributed by atoms with E-state index in [0.29, 0.717) is 11.1 Å². The Kier molecular flexibility index (Phi) is 5.09. The second-order valence-electron chi connectivity index (χ2n) is 4.80. The van der Waals surface area contributed by atoms with Crippen molar-refractivity contribution >= 4 is 6.09 Å². The van der Waals surface area contributed by atoms with E-state index in [9.17, 15) is 18.0 Å². The lowest BCUT2D eigenvalue weighted by molar-refractivity contribution is -0.137. The van der Waals surface area contributed by atoms with Gasteiger partial charge in [0.15, 0.2) is 0 Å². The summed E-state index contributed by atoms with van der Waals surface area (Å²) in [5, 5.41) is 10.9. The third-order valence-corrected chi connectivity index (χ3v) is 3.19. The Hall–Kier alpha value is -3.01. The lowest BCUT2D eigenvalue weighted by Gasteiger charge is -2.14. The van der Waals surface area contributed by atoms with Gasteiger partial charge in [0.25, 0.3) is 0 Å². The molecule has 124 valence electrons. The van der Waals surface area contributed by atoms with Gasteiger partial charge in [-0.2, -0.15) is 13.2 Å². The van der Waals surface area contributed by atoms with Gasteiger partial charge in [0, 0.05) is 18.3 Å². The zero-order valence-electron chi connectivity index (χ0n) is 12.6. The summed E-state index contributed by atoms with van der Waals surface area (Å²) in [6.45, 7) is 1.47. The molecular formula is C17H13F3N2O2. The van der Waals surface area contributed by atoms with Crippen molar-refractivity contribution in [3.05, 3.63) is 53.2 Å². The summed E-state index contributed by atoms with van der Waals surface area (Å²) in [5.41, 5.74) is 0.480. The van der Waals surface area contributed by atoms with Gasteiger partial charge < -0.3 is 10.4 Å². The van der Waals surface area contributed by atoms with Crippen LogP contribution < -0.4 is 5.32 Å². The van der Waals surface area contributed by atoms with E-state index in [1.165, 1.54) is 12.3 Å². The Labute approximate surface area is 136 Å². The summed E-state index contributed by atoms with van der Waals surface area (Å²) < 4.78 is 39.1. The van der Waals surface area contributed by atoms with Crippen LogP contribution in [-0.4, -0.2) is 16.2 Å². The first-order valence-electron chi connectivity index (χ1n) is 6.88. The van der Waals surface area contributed by atoms with Crippen LogP contribution in [0.1, 0.15) is 23.6 Å². The second kappa shape index (κ2) is 7.04. The smallest absolute Gasteiger partial charge is 0.416 e. The van der Waals surface area contributed by atoms with Crippen molar-refractivity contribution in [3.63, 3.8) is 0 Å². The topological polar surface area (TPSA) is 62.2 Å². The number of carbonyl (C=O) groups is 1. The normalized spacial score (nSPS) is 10.7. The molecule has 0 aliphatic carbocycles. The van der Waals surface area contributed by atoms with Crippen molar-refractivity contribution in [2.24, 2.45) is 0 Å². The van der Waals surface area contributed by atoms with Gasteiger partial charge in [-0.25, -0.2) is 4.79 Å². The minimum absolute atomic E-state index is 0.141. The van der Waals surface area contributed by atoms with Crippen LogP contribution in [-0.2, 0) is 12.7 Å². The molecule has 2 N–H and O–H groups in total. The van der Waals surface area contributed by atoms with Gasteiger partial charge in [0.05, 0.1) is 16.8 Å². The highest BCUT2D eigenvalue weighted by Gasteiger charge is 2.31. The largest absolute Gasteiger partial charge is 0.465 e. The molecule has 1 heterocycles.